The standard InChI is InChI=1S/C20H21N3O2S/c21-26(24,25)18-11-12-20(23-15-18)22-14-13-19(16-7-3-1-4-8-16)17-9-5-2-6-10-17/h1-12,15,19H,13-14H2,(H,22,23)(H2,21,24,25). The highest BCUT2D eigenvalue weighted by Gasteiger charge is 2.13. The van der Waals surface area contributed by atoms with E-state index in [0.29, 0.717) is 12.4 Å². The molecule has 134 valence electrons. The zero-order chi connectivity index (χ0) is 18.4. The van der Waals surface area contributed by atoms with Crippen molar-refractivity contribution in [1.82, 2.24) is 4.98 Å². The van der Waals surface area contributed by atoms with Gasteiger partial charge in [0, 0.05) is 18.7 Å². The number of sulfonamides is 1. The molecule has 2 aromatic carbocycles. The molecule has 0 unspecified atom stereocenters. The summed E-state index contributed by atoms with van der Waals surface area (Å²) < 4.78 is 22.6. The quantitative estimate of drug-likeness (QED) is 0.670. The number of hydrogen-bond acceptors (Lipinski definition) is 4. The van der Waals surface area contributed by atoms with Gasteiger partial charge >= 0.3 is 0 Å². The number of anilines is 1. The molecule has 0 amide bonds. The second-order valence-electron chi connectivity index (χ2n) is 6.01. The zero-order valence-corrected chi connectivity index (χ0v) is 15.1. The van der Waals surface area contributed by atoms with Crippen LogP contribution in [0.3, 0.4) is 0 Å². The van der Waals surface area contributed by atoms with Gasteiger partial charge in [0.1, 0.15) is 10.7 Å². The number of hydrogen-bond donors (Lipinski definition) is 2. The Morgan fingerprint density at radius 3 is 1.92 bits per heavy atom. The molecule has 3 aromatic rings. The number of primary sulfonamides is 1. The van der Waals surface area contributed by atoms with E-state index in [1.807, 2.05) is 36.4 Å². The van der Waals surface area contributed by atoms with Gasteiger partial charge in [-0.05, 0) is 29.7 Å². The van der Waals surface area contributed by atoms with Crippen molar-refractivity contribution in [2.75, 3.05) is 11.9 Å². The number of benzene rings is 2. The lowest BCUT2D eigenvalue weighted by molar-refractivity contribution is 0.597. The van der Waals surface area contributed by atoms with Crippen LogP contribution in [-0.2, 0) is 10.0 Å². The number of nitrogens with two attached hydrogens (primary N) is 1. The van der Waals surface area contributed by atoms with E-state index in [1.54, 1.807) is 6.07 Å². The molecule has 0 saturated heterocycles. The summed E-state index contributed by atoms with van der Waals surface area (Å²) in [6, 6.07) is 23.8. The summed E-state index contributed by atoms with van der Waals surface area (Å²) in [5.74, 6) is 0.894. The molecule has 0 aliphatic carbocycles. The molecule has 0 spiro atoms. The minimum absolute atomic E-state index is 0.00879. The fraction of sp³-hybridized carbons (Fsp3) is 0.150. The second kappa shape index (κ2) is 8.12. The topological polar surface area (TPSA) is 85.1 Å². The summed E-state index contributed by atoms with van der Waals surface area (Å²) in [4.78, 5) is 4.13. The van der Waals surface area contributed by atoms with Crippen LogP contribution in [-0.4, -0.2) is 19.9 Å². The van der Waals surface area contributed by atoms with Gasteiger partial charge in [-0.2, -0.15) is 0 Å². The van der Waals surface area contributed by atoms with Crippen molar-refractivity contribution in [3.8, 4) is 0 Å². The summed E-state index contributed by atoms with van der Waals surface area (Å²) in [5, 5.41) is 8.33. The summed E-state index contributed by atoms with van der Waals surface area (Å²) in [7, 11) is -3.72. The number of nitrogens with zero attached hydrogens (tertiary/aromatic N) is 1. The fourth-order valence-electron chi connectivity index (χ4n) is 2.89. The molecular formula is C20H21N3O2S. The average Bonchev–Trinajstić information content (AvgIpc) is 2.66. The van der Waals surface area contributed by atoms with Gasteiger partial charge in [0.15, 0.2) is 0 Å². The highest BCUT2D eigenvalue weighted by atomic mass is 32.2. The monoisotopic (exact) mass is 367 g/mol. The number of pyridine rings is 1. The molecule has 26 heavy (non-hydrogen) atoms. The first-order valence-electron chi connectivity index (χ1n) is 8.36. The third kappa shape index (κ3) is 4.68. The molecule has 0 bridgehead atoms. The minimum atomic E-state index is -3.72. The molecule has 0 saturated carbocycles. The van der Waals surface area contributed by atoms with Gasteiger partial charge in [-0.3, -0.25) is 0 Å². The lowest BCUT2D eigenvalue weighted by Gasteiger charge is -2.18. The molecule has 3 rings (SSSR count). The maximum Gasteiger partial charge on any atom is 0.239 e. The fourth-order valence-corrected chi connectivity index (χ4v) is 3.35. The van der Waals surface area contributed by atoms with Gasteiger partial charge in [0.25, 0.3) is 0 Å². The molecule has 0 atom stereocenters. The van der Waals surface area contributed by atoms with Crippen molar-refractivity contribution in [2.24, 2.45) is 5.14 Å². The van der Waals surface area contributed by atoms with E-state index in [4.69, 9.17) is 5.14 Å². The van der Waals surface area contributed by atoms with Crippen LogP contribution >= 0.6 is 0 Å². The Balaban J connectivity index is 1.69. The number of rotatable bonds is 7. The smallest absolute Gasteiger partial charge is 0.239 e. The highest BCUT2D eigenvalue weighted by molar-refractivity contribution is 7.89. The van der Waals surface area contributed by atoms with Crippen LogP contribution in [0, 0.1) is 0 Å². The minimum Gasteiger partial charge on any atom is -0.370 e. The highest BCUT2D eigenvalue weighted by Crippen LogP contribution is 2.27. The van der Waals surface area contributed by atoms with Crippen molar-refractivity contribution in [3.63, 3.8) is 0 Å². The Labute approximate surface area is 154 Å². The number of aromatic nitrogens is 1. The maximum atomic E-state index is 11.3. The molecule has 0 radical (unpaired) electrons. The van der Waals surface area contributed by atoms with Crippen LogP contribution in [0.1, 0.15) is 23.5 Å². The Bertz CT molecular complexity index is 888. The molecule has 5 nitrogen and oxygen atoms in total. The van der Waals surface area contributed by atoms with Crippen molar-refractivity contribution in [1.29, 1.82) is 0 Å². The van der Waals surface area contributed by atoms with E-state index in [9.17, 15) is 8.42 Å². The Morgan fingerprint density at radius 1 is 0.885 bits per heavy atom. The van der Waals surface area contributed by atoms with E-state index < -0.39 is 10.0 Å². The van der Waals surface area contributed by atoms with E-state index in [1.165, 1.54) is 23.4 Å². The maximum absolute atomic E-state index is 11.3. The first-order chi connectivity index (χ1) is 12.5. The van der Waals surface area contributed by atoms with E-state index >= 15 is 0 Å². The third-order valence-corrected chi connectivity index (χ3v) is 5.11. The summed E-state index contributed by atoms with van der Waals surface area (Å²) >= 11 is 0. The van der Waals surface area contributed by atoms with E-state index in [0.717, 1.165) is 6.42 Å². The van der Waals surface area contributed by atoms with Crippen LogP contribution in [0.5, 0.6) is 0 Å². The van der Waals surface area contributed by atoms with Crippen LogP contribution in [0.4, 0.5) is 5.82 Å². The Kier molecular flexibility index (Phi) is 5.65. The van der Waals surface area contributed by atoms with Crippen LogP contribution in [0.15, 0.2) is 83.9 Å². The van der Waals surface area contributed by atoms with Gasteiger partial charge < -0.3 is 5.32 Å². The first-order valence-corrected chi connectivity index (χ1v) is 9.91. The molecule has 1 heterocycles. The zero-order valence-electron chi connectivity index (χ0n) is 14.2. The SMILES string of the molecule is NS(=O)(=O)c1ccc(NCCC(c2ccccc2)c2ccccc2)nc1. The Hall–Kier alpha value is -2.70. The van der Waals surface area contributed by atoms with E-state index in [-0.39, 0.29) is 10.8 Å². The van der Waals surface area contributed by atoms with Crippen molar-refractivity contribution < 1.29 is 8.42 Å². The lowest BCUT2D eigenvalue weighted by atomic mass is 9.88. The van der Waals surface area contributed by atoms with Crippen LogP contribution in [0.25, 0.3) is 0 Å². The molecule has 0 aliphatic heterocycles. The molecule has 6 heteroatoms. The second-order valence-corrected chi connectivity index (χ2v) is 7.57. The summed E-state index contributed by atoms with van der Waals surface area (Å²) in [5.41, 5.74) is 2.52. The molecular weight excluding hydrogens is 346 g/mol. The van der Waals surface area contributed by atoms with Crippen LogP contribution in [0.2, 0.25) is 0 Å². The lowest BCUT2D eigenvalue weighted by Crippen LogP contribution is -2.13. The predicted molar refractivity (Wildman–Crippen MR) is 103 cm³/mol. The van der Waals surface area contributed by atoms with Gasteiger partial charge in [-0.1, -0.05) is 60.7 Å². The summed E-state index contributed by atoms with van der Waals surface area (Å²) in [6.45, 7) is 0.705. The molecule has 0 aliphatic rings. The van der Waals surface area contributed by atoms with Crippen LogP contribution < -0.4 is 10.5 Å². The Morgan fingerprint density at radius 2 is 1.46 bits per heavy atom. The molecule has 3 N–H and O–H groups in total. The molecule has 0 fully saturated rings. The molecule has 1 aromatic heterocycles. The first kappa shape index (κ1) is 18.1. The van der Waals surface area contributed by atoms with Crippen molar-refractivity contribution in [3.05, 3.63) is 90.1 Å². The third-order valence-electron chi connectivity index (χ3n) is 4.21. The van der Waals surface area contributed by atoms with Crippen molar-refractivity contribution >= 4 is 15.8 Å². The van der Waals surface area contributed by atoms with Gasteiger partial charge in [0.05, 0.1) is 0 Å². The van der Waals surface area contributed by atoms with Crippen molar-refractivity contribution in [2.45, 2.75) is 17.2 Å². The predicted octanol–water partition coefficient (Wildman–Crippen LogP) is 3.36. The van der Waals surface area contributed by atoms with Gasteiger partial charge in [-0.25, -0.2) is 18.5 Å². The average molecular weight is 367 g/mol. The largest absolute Gasteiger partial charge is 0.370 e. The summed E-state index contributed by atoms with van der Waals surface area (Å²) in [6.07, 6.45) is 2.15. The van der Waals surface area contributed by atoms with E-state index in [2.05, 4.69) is 34.6 Å². The van der Waals surface area contributed by atoms with Gasteiger partial charge in [-0.15, -0.1) is 0 Å². The normalized spacial score (nSPS) is 11.5. The number of nitrogens with one attached hydrogen (secondary N) is 1. The van der Waals surface area contributed by atoms with Gasteiger partial charge in [0.2, 0.25) is 10.0 Å².